The highest BCUT2D eigenvalue weighted by atomic mass is 35.5. The Balaban J connectivity index is 0.000000509. The Hall–Kier alpha value is -3.84. The molecule has 3 unspecified atom stereocenters. The summed E-state index contributed by atoms with van der Waals surface area (Å²) in [5, 5.41) is 12.5. The first-order valence-electron chi connectivity index (χ1n) is 22.4. The van der Waals surface area contributed by atoms with Gasteiger partial charge < -0.3 is 43.0 Å². The van der Waals surface area contributed by atoms with Crippen molar-refractivity contribution in [3.05, 3.63) is 98.3 Å². The Morgan fingerprint density at radius 1 is 1.05 bits per heavy atom. The number of benzene rings is 2. The van der Waals surface area contributed by atoms with Crippen LogP contribution in [-0.4, -0.2) is 133 Å². The minimum Gasteiger partial charge on any atom is -0.778 e. The van der Waals surface area contributed by atoms with Gasteiger partial charge in [0.2, 0.25) is 5.91 Å². The second kappa shape index (κ2) is 33.5. The van der Waals surface area contributed by atoms with Gasteiger partial charge in [-0.25, -0.2) is 13.8 Å². The Kier molecular flexibility index (Phi) is 30.9. The molecule has 1 saturated heterocycles. The van der Waals surface area contributed by atoms with Gasteiger partial charge in [-0.15, -0.1) is 28.3 Å². The van der Waals surface area contributed by atoms with Crippen LogP contribution in [-0.2, 0) is 61.7 Å². The number of aromatic nitrogens is 3. The molecule has 3 N–H and O–H groups in total. The van der Waals surface area contributed by atoms with E-state index < -0.39 is 66.4 Å². The van der Waals surface area contributed by atoms with Crippen LogP contribution in [0.25, 0.3) is 5.69 Å². The third-order valence-corrected chi connectivity index (χ3v) is 11.5. The van der Waals surface area contributed by atoms with Crippen molar-refractivity contribution in [3.8, 4) is 5.69 Å². The van der Waals surface area contributed by atoms with Gasteiger partial charge in [-0.2, -0.15) is 13.5 Å². The third-order valence-electron chi connectivity index (χ3n) is 9.60. The molecule has 0 radical (unpaired) electrons. The highest BCUT2D eigenvalue weighted by molar-refractivity contribution is 7.94. The first kappa shape index (κ1) is 69.2. The summed E-state index contributed by atoms with van der Waals surface area (Å²) in [4.78, 5) is 77.3. The molecule has 0 spiro atoms. The molecule has 3 heterocycles. The number of rotatable bonds is 18. The molecular weight excluding hydrogens is 1140 g/mol. The molecule has 3 atom stereocenters. The average molecular weight is 1210 g/mol. The maximum absolute atomic E-state index is 14.2. The Morgan fingerprint density at radius 2 is 1.68 bits per heavy atom. The fourth-order valence-electron chi connectivity index (χ4n) is 6.41. The highest BCUT2D eigenvalue weighted by Gasteiger charge is 2.45. The first-order valence-corrected chi connectivity index (χ1v) is 28.9. The smallest absolute Gasteiger partial charge is 0.355 e. The summed E-state index contributed by atoms with van der Waals surface area (Å²) < 4.78 is 71.9. The predicted octanol–water partition coefficient (Wildman–Crippen LogP) is 7.74. The zero-order chi connectivity index (χ0) is 57.5. The van der Waals surface area contributed by atoms with Gasteiger partial charge in [0.1, 0.15) is 54.7 Å². The molecule has 0 saturated carbocycles. The number of anilines is 1. The zero-order valence-corrected chi connectivity index (χ0v) is 48.3. The van der Waals surface area contributed by atoms with Gasteiger partial charge in [0.15, 0.2) is 10.7 Å². The minimum absolute atomic E-state index is 0.0371. The van der Waals surface area contributed by atoms with Gasteiger partial charge in [-0.05, 0) is 99.8 Å². The van der Waals surface area contributed by atoms with E-state index in [9.17, 15) is 46.6 Å². The number of nitrogens with one attached hydrogen (secondary N) is 1. The van der Waals surface area contributed by atoms with Gasteiger partial charge in [-0.3, -0.25) is 29.4 Å². The number of ether oxygens (including phenoxy) is 3. The normalized spacial score (nSPS) is 14.8. The molecule has 1 aliphatic rings. The van der Waals surface area contributed by atoms with E-state index in [4.69, 9.17) is 86.6 Å². The van der Waals surface area contributed by atoms with E-state index >= 15 is 0 Å². The number of esters is 1. The summed E-state index contributed by atoms with van der Waals surface area (Å²) in [5.74, 6) is -2.93. The lowest BCUT2D eigenvalue weighted by molar-refractivity contribution is -0.193. The molecule has 0 bridgehead atoms. The molecular formula is C46H63Cl5F3N6O13PS. The number of carboxylic acids is 1. The van der Waals surface area contributed by atoms with Gasteiger partial charge in [-0.1, -0.05) is 59.9 Å². The molecule has 0 aliphatic carbocycles. The fraction of sp³-hybridized carbons (Fsp3) is 0.522. The van der Waals surface area contributed by atoms with Crippen molar-refractivity contribution in [1.29, 1.82) is 0 Å². The summed E-state index contributed by atoms with van der Waals surface area (Å²) in [7, 11) is -3.71. The number of nitrogens with zero attached hydrogens (tertiary/aromatic N) is 5. The van der Waals surface area contributed by atoms with Gasteiger partial charge in [0, 0.05) is 18.1 Å². The number of hydrogen-bond acceptors (Lipinski definition) is 13. The third kappa shape index (κ3) is 23.3. The van der Waals surface area contributed by atoms with Crippen LogP contribution in [0, 0.1) is 19.7 Å². The van der Waals surface area contributed by atoms with Crippen LogP contribution in [0.1, 0.15) is 75.5 Å². The van der Waals surface area contributed by atoms with Crippen LogP contribution >= 0.6 is 65.6 Å². The largest absolute Gasteiger partial charge is 0.778 e. The maximum atomic E-state index is 14.2. The van der Waals surface area contributed by atoms with Gasteiger partial charge >= 0.3 is 24.2 Å². The maximum Gasteiger partial charge on any atom is 0.355 e. The number of hydrogen-bond donors (Lipinski definition) is 3. The highest BCUT2D eigenvalue weighted by Crippen LogP contribution is 2.37. The summed E-state index contributed by atoms with van der Waals surface area (Å²) in [6, 6.07) is 11.6. The van der Waals surface area contributed by atoms with Crippen molar-refractivity contribution in [2.75, 3.05) is 68.9 Å². The summed E-state index contributed by atoms with van der Waals surface area (Å²) in [6.45, 7) is 10.1. The van der Waals surface area contributed by atoms with Crippen LogP contribution in [0.15, 0.2) is 57.9 Å². The molecule has 75 heavy (non-hydrogen) atoms. The Labute approximate surface area is 461 Å². The van der Waals surface area contributed by atoms with E-state index in [0.29, 0.717) is 34.5 Å². The molecule has 1 fully saturated rings. The van der Waals surface area contributed by atoms with Crippen LogP contribution in [0.5, 0.6) is 0 Å². The number of aryl methyl sites for hydroxylation is 3. The topological polar surface area (TPSA) is 248 Å². The van der Waals surface area contributed by atoms with Gasteiger partial charge in [0.05, 0.1) is 56.7 Å². The molecule has 2 aromatic carbocycles. The van der Waals surface area contributed by atoms with Crippen LogP contribution < -0.4 is 20.8 Å². The Morgan fingerprint density at radius 3 is 2.16 bits per heavy atom. The number of carbonyl (C=O) groups excluding carboxylic acids is 3. The van der Waals surface area contributed by atoms with E-state index in [1.54, 1.807) is 38.0 Å². The van der Waals surface area contributed by atoms with E-state index in [1.165, 1.54) is 11.8 Å². The number of carbonyl (C=O) groups is 4. The molecule has 2 aromatic heterocycles. The minimum atomic E-state index is -4.35. The molecule has 1 aliphatic heterocycles. The van der Waals surface area contributed by atoms with E-state index in [2.05, 4.69) is 30.8 Å². The number of aliphatic carboxylic acids is 1. The summed E-state index contributed by atoms with van der Waals surface area (Å²) in [6.07, 6.45) is 7.92. The average Bonchev–Trinajstić information content (AvgIpc) is 4.04. The van der Waals surface area contributed by atoms with Crippen LogP contribution in [0.2, 0.25) is 5.02 Å². The van der Waals surface area contributed by atoms with Gasteiger partial charge in [0.25, 0.3) is 5.91 Å². The lowest BCUT2D eigenvalue weighted by Crippen LogP contribution is -2.45. The number of furan rings is 1. The lowest BCUT2D eigenvalue weighted by atomic mass is 10.0. The van der Waals surface area contributed by atoms with E-state index in [1.807, 2.05) is 43.4 Å². The van der Waals surface area contributed by atoms with Crippen molar-refractivity contribution in [1.82, 2.24) is 24.6 Å². The van der Waals surface area contributed by atoms with Crippen molar-refractivity contribution >= 4 is 106 Å². The van der Waals surface area contributed by atoms with Crippen molar-refractivity contribution in [3.63, 3.8) is 0 Å². The van der Waals surface area contributed by atoms with Crippen molar-refractivity contribution in [2.45, 2.75) is 89.9 Å². The molecule has 422 valence electrons. The monoisotopic (exact) mass is 1200 g/mol. The number of alkyl halides is 6. The molecule has 2 amide bonds. The summed E-state index contributed by atoms with van der Waals surface area (Å²) in [5.41, 5.74) is 1.02. The first-order chi connectivity index (χ1) is 34.9. The molecule has 4 aromatic rings. The number of carboxylic acid groups (broad SMARTS) is 1. The fourth-order valence-corrected chi connectivity index (χ4v) is 7.64. The number of para-hydroxylation sites is 1. The SMILES string of the molecule is CC1(C)OC(c2ccco2)CN1C(=O)C(Cl)Cl.CCOC(=O)C(Cl)Cc1cc(-n2nc(C)n(C(F)F)c2=O)c(F)cc1Cl.CCOCN(C(=O)CCl)c1c(C)cccc1CC.C[S+](C)C.O=C(O)CNCP(=O)([O-])O. The zero-order valence-electron chi connectivity index (χ0n) is 42.8. The predicted molar refractivity (Wildman–Crippen MR) is 283 cm³/mol. The summed E-state index contributed by atoms with van der Waals surface area (Å²) >= 11 is 28.8. The van der Waals surface area contributed by atoms with Crippen LogP contribution in [0.3, 0.4) is 0 Å². The van der Waals surface area contributed by atoms with E-state index in [0.717, 1.165) is 35.4 Å². The number of halogens is 8. The molecule has 29 heteroatoms. The second-order valence-corrected chi connectivity index (χ2v) is 22.7. The van der Waals surface area contributed by atoms with Crippen molar-refractivity contribution < 1.29 is 70.4 Å². The van der Waals surface area contributed by atoms with Crippen LogP contribution in [0.4, 0.5) is 18.9 Å². The van der Waals surface area contributed by atoms with Crippen molar-refractivity contribution in [2.24, 2.45) is 0 Å². The van der Waals surface area contributed by atoms with E-state index in [-0.39, 0.29) is 70.2 Å². The second-order valence-electron chi connectivity index (χ2n) is 16.4. The quantitative estimate of drug-likeness (QED) is 0.0283. The Bertz CT molecular complexity index is 2550. The molecule has 5 rings (SSSR count). The standard InChI is InChI=1S/C15H14Cl2F3N3O3.C14H20ClNO2.C11H13Cl2NO3.C3H8NO5P.C3H9S/c1-3-26-13(24)10(17)4-8-5-12(11(18)6-9(8)16)23-15(25)22(14(19)20)7(2)21-23;1-4-12-8-6-7-11(3)14(12)16(10-18-5-2)13(17)9-15;1-11(2)14(10(15)9(12)13)6-8(17-11)7-4-3-5-16-7;5-3(6)1-4-2-10(7,8)9;1-4(2)3/h5-6,10,14H,3-4H2,1-2H3;6-8H,4-5,9-10H2,1-3H3;3-5,8-9H,6H2,1-2H3;4H,1-2H2,(H,5,6)(H2,7,8,9);1-3H3/q;;;;+1/p-1. The number of amides is 2. The lowest BCUT2D eigenvalue weighted by Gasteiger charge is -2.29. The molecule has 19 nitrogen and oxygen atoms in total.